The number of thiocarbonyl (C=S) groups is 1. The van der Waals surface area contributed by atoms with E-state index in [4.69, 9.17) is 17.3 Å². The summed E-state index contributed by atoms with van der Waals surface area (Å²) in [7, 11) is 0. The zero-order valence-electron chi connectivity index (χ0n) is 24.1. The van der Waals surface area contributed by atoms with Crippen LogP contribution < -0.4 is 10.2 Å². The van der Waals surface area contributed by atoms with Crippen LogP contribution in [-0.2, 0) is 19.2 Å². The van der Waals surface area contributed by atoms with Crippen LogP contribution in [0.15, 0.2) is 47.4 Å². The van der Waals surface area contributed by atoms with Crippen LogP contribution in [0.1, 0.15) is 74.5 Å². The number of aryl methyl sites for hydroxylation is 2. The predicted octanol–water partition coefficient (Wildman–Crippen LogP) is 6.46. The molecule has 0 radical (unpaired) electrons. The summed E-state index contributed by atoms with van der Waals surface area (Å²) < 4.78 is 0.442. The van der Waals surface area contributed by atoms with Crippen LogP contribution in [0.25, 0.3) is 5.57 Å². The van der Waals surface area contributed by atoms with Gasteiger partial charge in [-0.25, -0.2) is 0 Å². The molecule has 2 heterocycles. The van der Waals surface area contributed by atoms with Crippen molar-refractivity contribution in [2.24, 2.45) is 0 Å². The average Bonchev–Trinajstić information content (AvgIpc) is 3.38. The molecule has 10 heteroatoms. The highest BCUT2D eigenvalue weighted by molar-refractivity contribution is 8.26. The zero-order valence-corrected chi connectivity index (χ0v) is 25.7. The molecule has 222 valence electrons. The highest BCUT2D eigenvalue weighted by Crippen LogP contribution is 2.44. The van der Waals surface area contributed by atoms with E-state index in [0.29, 0.717) is 38.3 Å². The SMILES string of the molecule is Cc1ccc(C)c(NC(=O)CN2C(=O)C(=C3SC(=S)N(CCCCCCCCCCC(=O)O)C3=O)c3ccccc32)c1. The van der Waals surface area contributed by atoms with Crippen molar-refractivity contribution < 1.29 is 24.3 Å². The van der Waals surface area contributed by atoms with Crippen LogP contribution in [0, 0.1) is 13.8 Å². The summed E-state index contributed by atoms with van der Waals surface area (Å²) in [5, 5.41) is 11.6. The second-order valence-electron chi connectivity index (χ2n) is 10.8. The Bertz CT molecular complexity index is 1420. The van der Waals surface area contributed by atoms with Crippen molar-refractivity contribution in [2.75, 3.05) is 23.3 Å². The van der Waals surface area contributed by atoms with E-state index in [2.05, 4.69) is 5.32 Å². The fraction of sp³-hybridized carbons (Fsp3) is 0.406. The van der Waals surface area contributed by atoms with Gasteiger partial charge in [0.25, 0.3) is 11.8 Å². The van der Waals surface area contributed by atoms with Gasteiger partial charge < -0.3 is 10.4 Å². The van der Waals surface area contributed by atoms with Crippen LogP contribution >= 0.6 is 24.0 Å². The number of anilines is 2. The van der Waals surface area contributed by atoms with Gasteiger partial charge in [0.05, 0.1) is 16.2 Å². The molecule has 3 amide bonds. The first-order valence-electron chi connectivity index (χ1n) is 14.5. The van der Waals surface area contributed by atoms with Crippen molar-refractivity contribution in [3.8, 4) is 0 Å². The Labute approximate surface area is 256 Å². The summed E-state index contributed by atoms with van der Waals surface area (Å²) in [5.74, 6) is -1.70. The van der Waals surface area contributed by atoms with Gasteiger partial charge in [-0.2, -0.15) is 0 Å². The van der Waals surface area contributed by atoms with Gasteiger partial charge in [0, 0.05) is 24.2 Å². The number of nitrogens with zero attached hydrogens (tertiary/aromatic N) is 2. The average molecular weight is 608 g/mol. The van der Waals surface area contributed by atoms with Gasteiger partial charge in [0.2, 0.25) is 5.91 Å². The molecule has 2 aromatic rings. The van der Waals surface area contributed by atoms with Crippen LogP contribution in [0.5, 0.6) is 0 Å². The summed E-state index contributed by atoms with van der Waals surface area (Å²) in [6.45, 7) is 4.19. The molecule has 1 saturated heterocycles. The third-order valence-electron chi connectivity index (χ3n) is 7.49. The van der Waals surface area contributed by atoms with Crippen molar-refractivity contribution in [1.29, 1.82) is 0 Å². The number of carbonyl (C=O) groups excluding carboxylic acids is 3. The van der Waals surface area contributed by atoms with E-state index in [1.54, 1.807) is 17.0 Å². The number of para-hydroxylation sites is 1. The Kier molecular flexibility index (Phi) is 10.9. The minimum absolute atomic E-state index is 0.174. The maximum absolute atomic E-state index is 13.7. The largest absolute Gasteiger partial charge is 0.481 e. The van der Waals surface area contributed by atoms with Crippen molar-refractivity contribution in [2.45, 2.75) is 71.6 Å². The van der Waals surface area contributed by atoms with Crippen LogP contribution in [-0.4, -0.2) is 51.1 Å². The molecular weight excluding hydrogens is 571 g/mol. The maximum Gasteiger partial charge on any atom is 0.303 e. The first kappa shape index (κ1) is 31.4. The zero-order chi connectivity index (χ0) is 30.2. The Morgan fingerprint density at radius 3 is 2.26 bits per heavy atom. The molecule has 0 unspecified atom stereocenters. The molecular formula is C32H37N3O5S2. The van der Waals surface area contributed by atoms with Gasteiger partial charge in [-0.3, -0.25) is 29.0 Å². The molecule has 2 aromatic carbocycles. The van der Waals surface area contributed by atoms with E-state index in [1.165, 1.54) is 4.90 Å². The lowest BCUT2D eigenvalue weighted by molar-refractivity contribution is -0.137. The molecule has 1 fully saturated rings. The number of hydrogen-bond donors (Lipinski definition) is 2. The summed E-state index contributed by atoms with van der Waals surface area (Å²) in [6.07, 6.45) is 7.90. The second kappa shape index (κ2) is 14.6. The van der Waals surface area contributed by atoms with Crippen molar-refractivity contribution >= 4 is 68.9 Å². The molecule has 0 saturated carbocycles. The molecule has 0 atom stereocenters. The molecule has 4 rings (SSSR count). The third kappa shape index (κ3) is 7.66. The van der Waals surface area contributed by atoms with E-state index >= 15 is 0 Å². The minimum atomic E-state index is -0.739. The lowest BCUT2D eigenvalue weighted by Gasteiger charge is -2.17. The summed E-state index contributed by atoms with van der Waals surface area (Å²) in [5.41, 5.74) is 4.18. The van der Waals surface area contributed by atoms with E-state index in [1.807, 2.05) is 44.2 Å². The second-order valence-corrected chi connectivity index (χ2v) is 12.4. The van der Waals surface area contributed by atoms with Crippen molar-refractivity contribution in [3.05, 3.63) is 64.1 Å². The summed E-state index contributed by atoms with van der Waals surface area (Å²) in [6, 6.07) is 13.0. The van der Waals surface area contributed by atoms with Crippen LogP contribution in [0.3, 0.4) is 0 Å². The molecule has 8 nitrogen and oxygen atoms in total. The minimum Gasteiger partial charge on any atom is -0.481 e. The Balaban J connectivity index is 1.36. The fourth-order valence-electron chi connectivity index (χ4n) is 5.21. The van der Waals surface area contributed by atoms with Gasteiger partial charge in [-0.15, -0.1) is 0 Å². The Morgan fingerprint density at radius 2 is 1.55 bits per heavy atom. The Hall–Kier alpha value is -3.50. The van der Waals surface area contributed by atoms with E-state index < -0.39 is 5.97 Å². The van der Waals surface area contributed by atoms with Gasteiger partial charge in [-0.1, -0.05) is 92.8 Å². The predicted molar refractivity (Wildman–Crippen MR) is 171 cm³/mol. The first-order valence-corrected chi connectivity index (χ1v) is 15.7. The van der Waals surface area contributed by atoms with Gasteiger partial charge in [0.1, 0.15) is 10.9 Å². The number of aliphatic carboxylic acids is 1. The van der Waals surface area contributed by atoms with E-state index in [9.17, 15) is 19.2 Å². The molecule has 2 aliphatic rings. The lowest BCUT2D eigenvalue weighted by Crippen LogP contribution is -2.35. The molecule has 0 aromatic heterocycles. The smallest absolute Gasteiger partial charge is 0.303 e. The number of fused-ring (bicyclic) bond motifs is 1. The normalized spacial score (nSPS) is 16.4. The molecule has 42 heavy (non-hydrogen) atoms. The molecule has 0 aliphatic carbocycles. The van der Waals surface area contributed by atoms with Crippen LogP contribution in [0.4, 0.5) is 11.4 Å². The molecule has 2 N–H and O–H groups in total. The van der Waals surface area contributed by atoms with E-state index in [0.717, 1.165) is 74.3 Å². The summed E-state index contributed by atoms with van der Waals surface area (Å²) >= 11 is 6.70. The Morgan fingerprint density at radius 1 is 0.881 bits per heavy atom. The number of amides is 3. The fourth-order valence-corrected chi connectivity index (χ4v) is 6.59. The number of unbranched alkanes of at least 4 members (excludes halogenated alkanes) is 7. The molecule has 0 bridgehead atoms. The van der Waals surface area contributed by atoms with Gasteiger partial charge >= 0.3 is 5.97 Å². The number of nitrogens with one attached hydrogen (secondary N) is 1. The van der Waals surface area contributed by atoms with Crippen molar-refractivity contribution in [1.82, 2.24) is 4.90 Å². The number of benzene rings is 2. The first-order chi connectivity index (χ1) is 20.2. The molecule has 2 aliphatic heterocycles. The highest BCUT2D eigenvalue weighted by Gasteiger charge is 2.42. The highest BCUT2D eigenvalue weighted by atomic mass is 32.2. The summed E-state index contributed by atoms with van der Waals surface area (Å²) in [4.78, 5) is 54.1. The number of thioether (sulfide) groups is 1. The standard InChI is InChI=1S/C32H37N3O5S2/c1-21-16-17-22(2)24(19-21)33-26(36)20-35-25-14-11-10-13-23(25)28(30(35)39)29-31(40)34(32(41)42-29)18-12-8-6-4-3-5-7-9-15-27(37)38/h10-11,13-14,16-17,19H,3-9,12,15,18,20H2,1-2H3,(H,33,36)(H,37,38). The number of rotatable bonds is 14. The quantitative estimate of drug-likeness (QED) is 0.144. The lowest BCUT2D eigenvalue weighted by atomic mass is 10.1. The number of hydrogen-bond acceptors (Lipinski definition) is 6. The van der Waals surface area contributed by atoms with Crippen molar-refractivity contribution in [3.63, 3.8) is 0 Å². The number of carboxylic acids is 1. The number of carboxylic acid groups (broad SMARTS) is 1. The monoisotopic (exact) mass is 607 g/mol. The van der Waals surface area contributed by atoms with Gasteiger partial charge in [-0.05, 0) is 49.9 Å². The van der Waals surface area contributed by atoms with Crippen LogP contribution in [0.2, 0.25) is 0 Å². The van der Waals surface area contributed by atoms with Gasteiger partial charge in [0.15, 0.2) is 0 Å². The molecule has 0 spiro atoms. The third-order valence-corrected chi connectivity index (χ3v) is 8.94. The maximum atomic E-state index is 13.7. The number of carbonyl (C=O) groups is 4. The van der Waals surface area contributed by atoms with E-state index in [-0.39, 0.29) is 30.7 Å². The topological polar surface area (TPSA) is 107 Å².